The van der Waals surface area contributed by atoms with Gasteiger partial charge in [0.25, 0.3) is 0 Å². The summed E-state index contributed by atoms with van der Waals surface area (Å²) in [4.78, 5) is 11.2. The van der Waals surface area contributed by atoms with E-state index < -0.39 is 0 Å². The molecule has 4 heteroatoms. The molecule has 94 valence electrons. The fourth-order valence-corrected chi connectivity index (χ4v) is 2.42. The second-order valence-corrected chi connectivity index (χ2v) is 4.81. The molecular weight excluding hydrogens is 212 g/mol. The summed E-state index contributed by atoms with van der Waals surface area (Å²) in [6.45, 7) is 5.42. The Labute approximate surface area is 103 Å². The summed E-state index contributed by atoms with van der Waals surface area (Å²) < 4.78 is 0. The minimum absolute atomic E-state index is 0.552. The van der Waals surface area contributed by atoms with Crippen LogP contribution in [0.1, 0.15) is 45.4 Å². The number of hydrogen-bond donors (Lipinski definition) is 1. The number of rotatable bonds is 2. The molecule has 1 unspecified atom stereocenters. The predicted molar refractivity (Wildman–Crippen MR) is 71.1 cm³/mol. The largest absolute Gasteiger partial charge is 0.384 e. The molecule has 0 aromatic carbocycles. The molecule has 0 bridgehead atoms. The van der Waals surface area contributed by atoms with Crippen LogP contribution in [0.2, 0.25) is 0 Å². The average Bonchev–Trinajstić information content (AvgIpc) is 2.53. The Morgan fingerprint density at radius 1 is 1.35 bits per heavy atom. The van der Waals surface area contributed by atoms with Gasteiger partial charge in [-0.25, -0.2) is 9.97 Å². The van der Waals surface area contributed by atoms with Crippen molar-refractivity contribution in [2.45, 2.75) is 52.0 Å². The van der Waals surface area contributed by atoms with Crippen molar-refractivity contribution in [1.29, 1.82) is 0 Å². The SMILES string of the molecule is CCc1nc(N)cc(N2CCCCCC2C)n1. The van der Waals surface area contributed by atoms with Gasteiger partial charge in [0.15, 0.2) is 0 Å². The summed E-state index contributed by atoms with van der Waals surface area (Å²) in [5.41, 5.74) is 5.85. The van der Waals surface area contributed by atoms with Crippen LogP contribution in [0.15, 0.2) is 6.07 Å². The standard InChI is InChI=1S/C13H22N4/c1-3-12-15-11(14)9-13(16-12)17-8-6-4-5-7-10(17)2/h9-10H,3-8H2,1-2H3,(H2,14,15,16). The van der Waals surface area contributed by atoms with Crippen LogP contribution >= 0.6 is 0 Å². The fourth-order valence-electron chi connectivity index (χ4n) is 2.42. The van der Waals surface area contributed by atoms with E-state index >= 15 is 0 Å². The van der Waals surface area contributed by atoms with Crippen LogP contribution in [0, 0.1) is 0 Å². The topological polar surface area (TPSA) is 55.0 Å². The van der Waals surface area contributed by atoms with Crippen LogP contribution < -0.4 is 10.6 Å². The number of anilines is 2. The van der Waals surface area contributed by atoms with Crippen LogP contribution in [-0.2, 0) is 6.42 Å². The Balaban J connectivity index is 2.27. The van der Waals surface area contributed by atoms with Crippen molar-refractivity contribution < 1.29 is 0 Å². The number of hydrogen-bond acceptors (Lipinski definition) is 4. The Kier molecular flexibility index (Phi) is 3.82. The van der Waals surface area contributed by atoms with Gasteiger partial charge in [0.2, 0.25) is 0 Å². The fraction of sp³-hybridized carbons (Fsp3) is 0.692. The number of nitrogens with two attached hydrogens (primary N) is 1. The van der Waals surface area contributed by atoms with E-state index in [4.69, 9.17) is 5.73 Å². The summed E-state index contributed by atoms with van der Waals surface area (Å²) in [5, 5.41) is 0. The van der Waals surface area contributed by atoms with Gasteiger partial charge in [-0.3, -0.25) is 0 Å². The molecule has 4 nitrogen and oxygen atoms in total. The van der Waals surface area contributed by atoms with E-state index in [1.165, 1.54) is 25.7 Å². The highest BCUT2D eigenvalue weighted by Crippen LogP contribution is 2.23. The van der Waals surface area contributed by atoms with Gasteiger partial charge >= 0.3 is 0 Å². The normalized spacial score (nSPS) is 21.3. The molecule has 2 heterocycles. The highest BCUT2D eigenvalue weighted by molar-refractivity contribution is 5.47. The lowest BCUT2D eigenvalue weighted by molar-refractivity contribution is 0.609. The molecule has 0 aliphatic carbocycles. The predicted octanol–water partition coefficient (Wildman–Crippen LogP) is 2.39. The van der Waals surface area contributed by atoms with E-state index in [1.807, 2.05) is 6.07 Å². The second kappa shape index (κ2) is 5.34. The van der Waals surface area contributed by atoms with Gasteiger partial charge in [0.05, 0.1) is 0 Å². The summed E-state index contributed by atoms with van der Waals surface area (Å²) >= 11 is 0. The van der Waals surface area contributed by atoms with Gasteiger partial charge < -0.3 is 10.6 Å². The van der Waals surface area contributed by atoms with Crippen LogP contribution in [0.4, 0.5) is 11.6 Å². The van der Waals surface area contributed by atoms with Crippen molar-refractivity contribution >= 4 is 11.6 Å². The zero-order valence-electron chi connectivity index (χ0n) is 10.8. The first-order valence-electron chi connectivity index (χ1n) is 6.60. The molecule has 1 aliphatic rings. The van der Waals surface area contributed by atoms with Gasteiger partial charge in [0.1, 0.15) is 17.5 Å². The molecule has 0 radical (unpaired) electrons. The summed E-state index contributed by atoms with van der Waals surface area (Å²) in [6, 6.07) is 2.46. The first kappa shape index (κ1) is 12.1. The van der Waals surface area contributed by atoms with Gasteiger partial charge in [-0.1, -0.05) is 19.8 Å². The highest BCUT2D eigenvalue weighted by atomic mass is 15.2. The van der Waals surface area contributed by atoms with Crippen molar-refractivity contribution in [3.05, 3.63) is 11.9 Å². The van der Waals surface area contributed by atoms with Gasteiger partial charge in [-0.2, -0.15) is 0 Å². The van der Waals surface area contributed by atoms with E-state index in [0.717, 1.165) is 24.6 Å². The molecule has 1 fully saturated rings. The molecule has 0 amide bonds. The molecule has 17 heavy (non-hydrogen) atoms. The molecule has 0 saturated carbocycles. The van der Waals surface area contributed by atoms with E-state index in [9.17, 15) is 0 Å². The van der Waals surface area contributed by atoms with Crippen molar-refractivity contribution in [1.82, 2.24) is 9.97 Å². The first-order chi connectivity index (χ1) is 8.20. The summed E-state index contributed by atoms with van der Waals surface area (Å²) in [5.74, 6) is 2.43. The van der Waals surface area contributed by atoms with E-state index in [0.29, 0.717) is 11.9 Å². The van der Waals surface area contributed by atoms with E-state index in [-0.39, 0.29) is 0 Å². The number of nitrogens with zero attached hydrogens (tertiary/aromatic N) is 3. The molecule has 1 saturated heterocycles. The van der Waals surface area contributed by atoms with Crippen LogP contribution in [0.25, 0.3) is 0 Å². The van der Waals surface area contributed by atoms with Crippen LogP contribution in [-0.4, -0.2) is 22.6 Å². The minimum atomic E-state index is 0.552. The Morgan fingerprint density at radius 2 is 2.18 bits per heavy atom. The minimum Gasteiger partial charge on any atom is -0.384 e. The van der Waals surface area contributed by atoms with E-state index in [2.05, 4.69) is 28.7 Å². The number of aryl methyl sites for hydroxylation is 1. The van der Waals surface area contributed by atoms with Gasteiger partial charge in [0, 0.05) is 25.1 Å². The second-order valence-electron chi connectivity index (χ2n) is 4.81. The number of nitrogen functional groups attached to an aromatic ring is 1. The third-order valence-electron chi connectivity index (χ3n) is 3.44. The van der Waals surface area contributed by atoms with Crippen molar-refractivity contribution in [2.24, 2.45) is 0 Å². The molecule has 2 N–H and O–H groups in total. The Hall–Kier alpha value is -1.32. The maximum atomic E-state index is 5.85. The quantitative estimate of drug-likeness (QED) is 0.853. The van der Waals surface area contributed by atoms with Gasteiger partial charge in [-0.05, 0) is 19.8 Å². The Morgan fingerprint density at radius 3 is 2.94 bits per heavy atom. The van der Waals surface area contributed by atoms with Crippen molar-refractivity contribution in [2.75, 3.05) is 17.2 Å². The van der Waals surface area contributed by atoms with Crippen molar-refractivity contribution in [3.63, 3.8) is 0 Å². The third-order valence-corrected chi connectivity index (χ3v) is 3.44. The Bertz CT molecular complexity index is 378. The lowest BCUT2D eigenvalue weighted by Crippen LogP contribution is -2.33. The molecule has 1 aliphatic heterocycles. The molecule has 1 aromatic heterocycles. The van der Waals surface area contributed by atoms with E-state index in [1.54, 1.807) is 0 Å². The maximum absolute atomic E-state index is 5.85. The molecule has 2 rings (SSSR count). The average molecular weight is 234 g/mol. The monoisotopic (exact) mass is 234 g/mol. The highest BCUT2D eigenvalue weighted by Gasteiger charge is 2.19. The van der Waals surface area contributed by atoms with Crippen molar-refractivity contribution in [3.8, 4) is 0 Å². The molecular formula is C13H22N4. The van der Waals surface area contributed by atoms with Gasteiger partial charge in [-0.15, -0.1) is 0 Å². The zero-order chi connectivity index (χ0) is 12.3. The smallest absolute Gasteiger partial charge is 0.134 e. The number of aromatic nitrogens is 2. The lowest BCUT2D eigenvalue weighted by Gasteiger charge is -2.28. The first-order valence-corrected chi connectivity index (χ1v) is 6.60. The summed E-state index contributed by atoms with van der Waals surface area (Å²) in [7, 11) is 0. The van der Waals surface area contributed by atoms with Crippen LogP contribution in [0.3, 0.4) is 0 Å². The van der Waals surface area contributed by atoms with Crippen LogP contribution in [0.5, 0.6) is 0 Å². The maximum Gasteiger partial charge on any atom is 0.134 e. The summed E-state index contributed by atoms with van der Waals surface area (Å²) in [6.07, 6.45) is 5.96. The third kappa shape index (κ3) is 2.87. The zero-order valence-corrected chi connectivity index (χ0v) is 10.8. The molecule has 0 spiro atoms. The molecule has 1 aromatic rings. The lowest BCUT2D eigenvalue weighted by atomic mass is 10.1. The molecule has 1 atom stereocenters.